The Morgan fingerprint density at radius 3 is 2.08 bits per heavy atom. The van der Waals surface area contributed by atoms with Crippen molar-refractivity contribution in [2.45, 2.75) is 17.9 Å². The van der Waals surface area contributed by atoms with Crippen molar-refractivity contribution < 1.29 is 13.2 Å². The number of rotatable bonds is 9. The number of benzene rings is 3. The van der Waals surface area contributed by atoms with Crippen molar-refractivity contribution >= 4 is 57.9 Å². The van der Waals surface area contributed by atoms with E-state index in [2.05, 4.69) is 38.8 Å². The lowest BCUT2D eigenvalue weighted by Crippen LogP contribution is -2.47. The van der Waals surface area contributed by atoms with E-state index in [1.165, 1.54) is 29.8 Å². The van der Waals surface area contributed by atoms with E-state index in [-0.39, 0.29) is 41.9 Å². The molecule has 0 aliphatic carbocycles. The second kappa shape index (κ2) is 14.0. The molecular formula is C26H30Cl3N3O3S. The second-order valence-corrected chi connectivity index (χ2v) is 10.6. The molecule has 3 aromatic carbocycles. The Morgan fingerprint density at radius 1 is 0.806 bits per heavy atom. The number of halogens is 3. The molecule has 1 saturated heterocycles. The summed E-state index contributed by atoms with van der Waals surface area (Å²) in [4.78, 5) is 17.4. The summed E-state index contributed by atoms with van der Waals surface area (Å²) in [5.41, 5.74) is 2.51. The fraction of sp³-hybridized carbons (Fsp3) is 0.269. The third-order valence-corrected chi connectivity index (χ3v) is 7.47. The zero-order valence-electron chi connectivity index (χ0n) is 19.7. The van der Waals surface area contributed by atoms with E-state index in [4.69, 9.17) is 11.6 Å². The minimum absolute atomic E-state index is 0. The molecule has 0 spiro atoms. The van der Waals surface area contributed by atoms with Crippen LogP contribution in [0.2, 0.25) is 5.02 Å². The first-order valence-electron chi connectivity index (χ1n) is 11.2. The molecule has 36 heavy (non-hydrogen) atoms. The monoisotopic (exact) mass is 569 g/mol. The van der Waals surface area contributed by atoms with Crippen LogP contribution in [0.4, 0.5) is 5.69 Å². The van der Waals surface area contributed by atoms with Crippen molar-refractivity contribution in [1.29, 1.82) is 0 Å². The highest BCUT2D eigenvalue weighted by atomic mass is 35.5. The summed E-state index contributed by atoms with van der Waals surface area (Å²) >= 11 is 5.85. The standard InChI is InChI=1S/C26H28ClN3O3S.2ClH/c27-23-9-11-26(12-10-23)34(32,33)28-24-8-4-7-22(17-24)18-25(31)20-30-15-13-29(14-16-30)19-21-5-2-1-3-6-21;;/h1-12,17,28H,13-16,18-20H2;2*1H. The van der Waals surface area contributed by atoms with Crippen LogP contribution >= 0.6 is 36.4 Å². The molecule has 4 rings (SSSR count). The molecule has 194 valence electrons. The van der Waals surface area contributed by atoms with E-state index in [0.717, 1.165) is 38.3 Å². The number of ketones is 1. The Bertz CT molecular complexity index is 1220. The first kappa shape index (κ1) is 30.1. The van der Waals surface area contributed by atoms with Gasteiger partial charge in [0.1, 0.15) is 0 Å². The molecule has 0 unspecified atom stereocenters. The third kappa shape index (κ3) is 8.76. The fourth-order valence-corrected chi connectivity index (χ4v) is 5.23. The SMILES string of the molecule is Cl.Cl.O=C(Cc1cccc(NS(=O)(=O)c2ccc(Cl)cc2)c1)CN1CCN(Cc2ccccc2)CC1. The zero-order chi connectivity index (χ0) is 24.0. The molecule has 0 radical (unpaired) electrons. The predicted octanol–water partition coefficient (Wildman–Crippen LogP) is 4.91. The minimum Gasteiger partial charge on any atom is -0.298 e. The van der Waals surface area contributed by atoms with Gasteiger partial charge in [0.05, 0.1) is 11.4 Å². The van der Waals surface area contributed by atoms with Crippen LogP contribution in [0.1, 0.15) is 11.1 Å². The van der Waals surface area contributed by atoms with Gasteiger partial charge in [0, 0.05) is 49.9 Å². The number of anilines is 1. The highest BCUT2D eigenvalue weighted by molar-refractivity contribution is 7.92. The van der Waals surface area contributed by atoms with Crippen molar-refractivity contribution in [3.05, 3.63) is 95.0 Å². The van der Waals surface area contributed by atoms with Gasteiger partial charge in [-0.05, 0) is 47.5 Å². The normalized spacial score (nSPS) is 14.4. The van der Waals surface area contributed by atoms with Gasteiger partial charge < -0.3 is 0 Å². The first-order chi connectivity index (χ1) is 16.4. The largest absolute Gasteiger partial charge is 0.298 e. The Hall–Kier alpha value is -2.13. The molecular weight excluding hydrogens is 541 g/mol. The van der Waals surface area contributed by atoms with Gasteiger partial charge in [-0.3, -0.25) is 19.3 Å². The molecule has 1 heterocycles. The van der Waals surface area contributed by atoms with E-state index in [1.807, 2.05) is 12.1 Å². The number of piperazine rings is 1. The van der Waals surface area contributed by atoms with E-state index < -0.39 is 10.0 Å². The van der Waals surface area contributed by atoms with Gasteiger partial charge >= 0.3 is 0 Å². The first-order valence-corrected chi connectivity index (χ1v) is 13.1. The molecule has 0 aromatic heterocycles. The number of Topliss-reactive ketones (excluding diaryl/α,β-unsaturated/α-hetero) is 1. The van der Waals surface area contributed by atoms with Crippen LogP contribution in [0, 0.1) is 0 Å². The summed E-state index contributed by atoms with van der Waals surface area (Å²) in [5.74, 6) is 0.120. The van der Waals surface area contributed by atoms with Crippen molar-refractivity contribution in [2.75, 3.05) is 37.4 Å². The summed E-state index contributed by atoms with van der Waals surface area (Å²) < 4.78 is 27.8. The summed E-state index contributed by atoms with van der Waals surface area (Å²) in [6.45, 7) is 4.93. The summed E-state index contributed by atoms with van der Waals surface area (Å²) in [5, 5.41) is 0.470. The van der Waals surface area contributed by atoms with Gasteiger partial charge in [0.25, 0.3) is 10.0 Å². The smallest absolute Gasteiger partial charge is 0.261 e. The molecule has 3 aromatic rings. The molecule has 1 aliphatic heterocycles. The predicted molar refractivity (Wildman–Crippen MR) is 150 cm³/mol. The lowest BCUT2D eigenvalue weighted by molar-refractivity contribution is -0.120. The third-order valence-electron chi connectivity index (χ3n) is 5.82. The van der Waals surface area contributed by atoms with Crippen LogP contribution < -0.4 is 4.72 Å². The summed E-state index contributed by atoms with van der Waals surface area (Å²) in [6.07, 6.45) is 0.265. The Labute approximate surface area is 230 Å². The highest BCUT2D eigenvalue weighted by Crippen LogP contribution is 2.19. The maximum atomic E-state index is 12.7. The van der Waals surface area contributed by atoms with Gasteiger partial charge in [0.2, 0.25) is 0 Å². The van der Waals surface area contributed by atoms with Crippen molar-refractivity contribution in [3.8, 4) is 0 Å². The molecule has 1 N–H and O–H groups in total. The molecule has 0 saturated carbocycles. The molecule has 10 heteroatoms. The Morgan fingerprint density at radius 2 is 1.42 bits per heavy atom. The number of carbonyl (C=O) groups is 1. The van der Waals surface area contributed by atoms with Gasteiger partial charge in [0.15, 0.2) is 5.78 Å². The van der Waals surface area contributed by atoms with Gasteiger partial charge in [-0.2, -0.15) is 0 Å². The Kier molecular flexibility index (Phi) is 11.7. The van der Waals surface area contributed by atoms with E-state index in [9.17, 15) is 13.2 Å². The highest BCUT2D eigenvalue weighted by Gasteiger charge is 2.19. The molecule has 0 bridgehead atoms. The maximum Gasteiger partial charge on any atom is 0.261 e. The fourth-order valence-electron chi connectivity index (χ4n) is 4.05. The molecule has 1 fully saturated rings. The lowest BCUT2D eigenvalue weighted by Gasteiger charge is -2.34. The minimum atomic E-state index is -3.73. The van der Waals surface area contributed by atoms with Gasteiger partial charge in [-0.15, -0.1) is 24.8 Å². The number of carbonyl (C=O) groups excluding carboxylic acids is 1. The number of nitrogens with one attached hydrogen (secondary N) is 1. The molecule has 6 nitrogen and oxygen atoms in total. The number of hydrogen-bond acceptors (Lipinski definition) is 5. The Balaban J connectivity index is 0.00000228. The van der Waals surface area contributed by atoms with Crippen molar-refractivity contribution in [3.63, 3.8) is 0 Å². The molecule has 0 amide bonds. The number of nitrogens with zero attached hydrogens (tertiary/aromatic N) is 2. The van der Waals surface area contributed by atoms with Crippen LogP contribution in [0.3, 0.4) is 0 Å². The van der Waals surface area contributed by atoms with E-state index in [1.54, 1.807) is 18.2 Å². The van der Waals surface area contributed by atoms with Gasteiger partial charge in [-0.25, -0.2) is 8.42 Å². The molecule has 0 atom stereocenters. The molecule has 1 aliphatic rings. The summed E-state index contributed by atoms with van der Waals surface area (Å²) in [6, 6.07) is 23.4. The van der Waals surface area contributed by atoms with Gasteiger partial charge in [-0.1, -0.05) is 54.1 Å². The van der Waals surface area contributed by atoms with Crippen LogP contribution in [-0.2, 0) is 27.8 Å². The van der Waals surface area contributed by atoms with Crippen LogP contribution in [0.25, 0.3) is 0 Å². The van der Waals surface area contributed by atoms with Crippen LogP contribution in [-0.4, -0.2) is 56.7 Å². The maximum absolute atomic E-state index is 12.7. The topological polar surface area (TPSA) is 69.7 Å². The quantitative estimate of drug-likeness (QED) is 0.396. The zero-order valence-corrected chi connectivity index (χ0v) is 22.9. The van der Waals surface area contributed by atoms with Crippen molar-refractivity contribution in [2.24, 2.45) is 0 Å². The number of hydrogen-bond donors (Lipinski definition) is 1. The van der Waals surface area contributed by atoms with Crippen LogP contribution in [0.15, 0.2) is 83.8 Å². The average molecular weight is 571 g/mol. The summed E-state index contributed by atoms with van der Waals surface area (Å²) in [7, 11) is -3.73. The van der Waals surface area contributed by atoms with E-state index in [0.29, 0.717) is 17.3 Å². The lowest BCUT2D eigenvalue weighted by atomic mass is 10.1. The average Bonchev–Trinajstić information content (AvgIpc) is 2.81. The van der Waals surface area contributed by atoms with Crippen molar-refractivity contribution in [1.82, 2.24) is 9.80 Å². The second-order valence-electron chi connectivity index (χ2n) is 8.51. The van der Waals surface area contributed by atoms with E-state index >= 15 is 0 Å². The van der Waals surface area contributed by atoms with Crippen LogP contribution in [0.5, 0.6) is 0 Å². The number of sulfonamides is 1.